The number of nitrogens with zero attached hydrogens (tertiary/aromatic N) is 2. The van der Waals surface area contributed by atoms with Crippen molar-refractivity contribution in [3.05, 3.63) is 83.4 Å². The third kappa shape index (κ3) is 3.20. The van der Waals surface area contributed by atoms with E-state index >= 15 is 0 Å². The van der Waals surface area contributed by atoms with Gasteiger partial charge in [0.15, 0.2) is 0 Å². The maximum absolute atomic E-state index is 12.4. The maximum Gasteiger partial charge on any atom is 0.251 e. The van der Waals surface area contributed by atoms with Crippen molar-refractivity contribution in [2.45, 2.75) is 32.2 Å². The van der Waals surface area contributed by atoms with Crippen LogP contribution in [0.1, 0.15) is 40.4 Å². The van der Waals surface area contributed by atoms with Gasteiger partial charge < -0.3 is 5.32 Å². The van der Waals surface area contributed by atoms with Crippen LogP contribution in [0.4, 0.5) is 0 Å². The molecule has 4 nitrogen and oxygen atoms in total. The Morgan fingerprint density at radius 1 is 0.960 bits per heavy atom. The summed E-state index contributed by atoms with van der Waals surface area (Å²) in [6, 6.07) is 19.6. The van der Waals surface area contributed by atoms with Crippen LogP contribution in [0.15, 0.2) is 60.7 Å². The number of nitrogens with one attached hydrogen (secondary N) is 1. The molecule has 25 heavy (non-hydrogen) atoms. The van der Waals surface area contributed by atoms with Crippen molar-refractivity contribution in [3.8, 4) is 5.69 Å². The molecule has 1 aliphatic carbocycles. The van der Waals surface area contributed by atoms with Gasteiger partial charge >= 0.3 is 0 Å². The van der Waals surface area contributed by atoms with Gasteiger partial charge in [0.05, 0.1) is 12.2 Å². The van der Waals surface area contributed by atoms with Gasteiger partial charge in [-0.15, -0.1) is 0 Å². The fourth-order valence-corrected chi connectivity index (χ4v) is 3.45. The summed E-state index contributed by atoms with van der Waals surface area (Å²) in [5.41, 5.74) is 4.26. The van der Waals surface area contributed by atoms with Gasteiger partial charge in [-0.2, -0.15) is 0 Å². The fourth-order valence-electron chi connectivity index (χ4n) is 3.45. The Hall–Kier alpha value is -2.88. The zero-order valence-corrected chi connectivity index (χ0v) is 14.1. The monoisotopic (exact) mass is 331 g/mol. The van der Waals surface area contributed by atoms with Gasteiger partial charge in [0.2, 0.25) is 0 Å². The van der Waals surface area contributed by atoms with E-state index in [9.17, 15) is 4.79 Å². The summed E-state index contributed by atoms with van der Waals surface area (Å²) < 4.78 is 2.22. The van der Waals surface area contributed by atoms with Crippen molar-refractivity contribution in [3.63, 3.8) is 0 Å². The summed E-state index contributed by atoms with van der Waals surface area (Å²) in [5, 5.41) is 3.01. The molecule has 0 spiro atoms. The maximum atomic E-state index is 12.4. The van der Waals surface area contributed by atoms with Gasteiger partial charge in [-0.05, 0) is 49.9 Å². The molecule has 2 aromatic carbocycles. The Morgan fingerprint density at radius 2 is 1.64 bits per heavy atom. The van der Waals surface area contributed by atoms with E-state index in [-0.39, 0.29) is 5.91 Å². The Morgan fingerprint density at radius 3 is 2.40 bits per heavy atom. The molecule has 126 valence electrons. The molecule has 0 unspecified atom stereocenters. The number of para-hydroxylation sites is 1. The second-order valence-corrected chi connectivity index (χ2v) is 6.35. The van der Waals surface area contributed by atoms with E-state index in [2.05, 4.69) is 22.0 Å². The highest BCUT2D eigenvalue weighted by molar-refractivity contribution is 5.94. The predicted molar refractivity (Wildman–Crippen MR) is 97.8 cm³/mol. The van der Waals surface area contributed by atoms with E-state index in [1.807, 2.05) is 48.5 Å². The number of aromatic nitrogens is 2. The normalized spacial score (nSPS) is 13.3. The standard InChI is InChI=1S/C21H21N3O/c25-21(16-9-3-1-4-10-16)22-15-20-23-18-13-7-8-14-19(18)24(20)17-11-5-2-6-12-17/h1-6,9-12H,7-8,13-15H2,(H,22,25). The zero-order chi connectivity index (χ0) is 17.1. The molecule has 0 bridgehead atoms. The summed E-state index contributed by atoms with van der Waals surface area (Å²) in [6.45, 7) is 0.426. The quantitative estimate of drug-likeness (QED) is 0.793. The number of carbonyl (C=O) groups excluding carboxylic acids is 1. The van der Waals surface area contributed by atoms with Crippen LogP contribution < -0.4 is 5.32 Å². The van der Waals surface area contributed by atoms with E-state index in [0.717, 1.165) is 24.4 Å². The van der Waals surface area contributed by atoms with E-state index < -0.39 is 0 Å². The van der Waals surface area contributed by atoms with E-state index in [0.29, 0.717) is 12.1 Å². The molecule has 1 amide bonds. The molecular weight excluding hydrogens is 310 g/mol. The predicted octanol–water partition coefficient (Wildman–Crippen LogP) is 3.68. The third-order valence-corrected chi connectivity index (χ3v) is 4.66. The molecule has 1 N–H and O–H groups in total. The van der Waals surface area contributed by atoms with Crippen LogP contribution in [-0.2, 0) is 19.4 Å². The van der Waals surface area contributed by atoms with Crippen LogP contribution in [-0.4, -0.2) is 15.5 Å². The molecule has 0 aliphatic heterocycles. The number of aryl methyl sites for hydroxylation is 1. The van der Waals surface area contributed by atoms with Crippen LogP contribution in [0.25, 0.3) is 5.69 Å². The second kappa shape index (κ2) is 6.93. The number of carbonyl (C=O) groups is 1. The number of benzene rings is 2. The lowest BCUT2D eigenvalue weighted by Crippen LogP contribution is -2.24. The smallest absolute Gasteiger partial charge is 0.251 e. The van der Waals surface area contributed by atoms with Crippen molar-refractivity contribution >= 4 is 5.91 Å². The molecule has 4 heteroatoms. The van der Waals surface area contributed by atoms with Crippen LogP contribution in [0.2, 0.25) is 0 Å². The molecule has 0 saturated carbocycles. The second-order valence-electron chi connectivity index (χ2n) is 6.35. The summed E-state index contributed by atoms with van der Waals surface area (Å²) in [6.07, 6.45) is 4.45. The van der Waals surface area contributed by atoms with Crippen LogP contribution in [0.5, 0.6) is 0 Å². The van der Waals surface area contributed by atoms with Gasteiger partial charge in [-0.1, -0.05) is 36.4 Å². The number of hydrogen-bond donors (Lipinski definition) is 1. The average Bonchev–Trinajstić information content (AvgIpc) is 3.06. The van der Waals surface area contributed by atoms with Gasteiger partial charge in [0.25, 0.3) is 5.91 Å². The number of hydrogen-bond acceptors (Lipinski definition) is 2. The molecule has 1 aromatic heterocycles. The minimum Gasteiger partial charge on any atom is -0.345 e. The highest BCUT2D eigenvalue weighted by atomic mass is 16.1. The minimum atomic E-state index is -0.0683. The SMILES string of the molecule is O=C(NCc1nc2c(n1-c1ccccc1)CCCC2)c1ccccc1. The largest absolute Gasteiger partial charge is 0.345 e. The molecule has 0 saturated heterocycles. The molecule has 0 fully saturated rings. The van der Waals surface area contributed by atoms with Gasteiger partial charge in [-0.25, -0.2) is 4.98 Å². The highest BCUT2D eigenvalue weighted by Crippen LogP contribution is 2.25. The highest BCUT2D eigenvalue weighted by Gasteiger charge is 2.21. The lowest BCUT2D eigenvalue weighted by Gasteiger charge is -2.15. The van der Waals surface area contributed by atoms with Crippen LogP contribution in [0.3, 0.4) is 0 Å². The van der Waals surface area contributed by atoms with Gasteiger partial charge in [0, 0.05) is 16.9 Å². The first-order valence-electron chi connectivity index (χ1n) is 8.81. The lowest BCUT2D eigenvalue weighted by atomic mass is 10.0. The molecule has 1 aliphatic rings. The molecule has 0 radical (unpaired) electrons. The Balaban J connectivity index is 1.63. The zero-order valence-electron chi connectivity index (χ0n) is 14.1. The molecule has 1 heterocycles. The van der Waals surface area contributed by atoms with Crippen molar-refractivity contribution in [2.75, 3.05) is 0 Å². The Kier molecular flexibility index (Phi) is 4.34. The van der Waals surface area contributed by atoms with E-state index in [1.54, 1.807) is 0 Å². The first-order chi connectivity index (χ1) is 12.3. The first-order valence-corrected chi connectivity index (χ1v) is 8.81. The lowest BCUT2D eigenvalue weighted by molar-refractivity contribution is 0.0949. The van der Waals surface area contributed by atoms with Crippen molar-refractivity contribution < 1.29 is 4.79 Å². The summed E-state index contributed by atoms with van der Waals surface area (Å²) in [7, 11) is 0. The fraction of sp³-hybridized carbons (Fsp3) is 0.238. The van der Waals surface area contributed by atoms with E-state index in [4.69, 9.17) is 4.98 Å². The average molecular weight is 331 g/mol. The van der Waals surface area contributed by atoms with Crippen molar-refractivity contribution in [1.82, 2.24) is 14.9 Å². The molecule has 3 aromatic rings. The summed E-state index contributed by atoms with van der Waals surface area (Å²) in [4.78, 5) is 17.2. The van der Waals surface area contributed by atoms with Gasteiger partial charge in [0.1, 0.15) is 5.82 Å². The van der Waals surface area contributed by atoms with Crippen LogP contribution in [0, 0.1) is 0 Å². The molecular formula is C21H21N3O. The van der Waals surface area contributed by atoms with Crippen LogP contribution >= 0.6 is 0 Å². The summed E-state index contributed by atoms with van der Waals surface area (Å²) in [5.74, 6) is 0.837. The number of fused-ring (bicyclic) bond motifs is 1. The minimum absolute atomic E-state index is 0.0683. The van der Waals surface area contributed by atoms with Crippen molar-refractivity contribution in [2.24, 2.45) is 0 Å². The first kappa shape index (κ1) is 15.6. The molecule has 0 atom stereocenters. The summed E-state index contributed by atoms with van der Waals surface area (Å²) >= 11 is 0. The van der Waals surface area contributed by atoms with Crippen molar-refractivity contribution in [1.29, 1.82) is 0 Å². The number of amides is 1. The molecule has 4 rings (SSSR count). The number of imidazole rings is 1. The Labute approximate surface area is 147 Å². The third-order valence-electron chi connectivity index (χ3n) is 4.66. The Bertz CT molecular complexity index is 869. The number of rotatable bonds is 4. The van der Waals surface area contributed by atoms with E-state index in [1.165, 1.54) is 24.2 Å². The van der Waals surface area contributed by atoms with Gasteiger partial charge in [-0.3, -0.25) is 9.36 Å². The topological polar surface area (TPSA) is 46.9 Å².